The molecule has 3 aromatic carbocycles. The molecule has 11 rings (SSSR count). The molecule has 0 spiro atoms. The highest BCUT2D eigenvalue weighted by atomic mass is 32.1. The fourth-order valence-electron chi connectivity index (χ4n) is 11.1. The average molecular weight is 1060 g/mol. The quantitative estimate of drug-likeness (QED) is 0.0433. The minimum absolute atomic E-state index is 0.0394. The van der Waals surface area contributed by atoms with Crippen LogP contribution in [0, 0.1) is 0 Å². The Balaban J connectivity index is 0.677. The zero-order valence-electron chi connectivity index (χ0n) is 41.8. The summed E-state index contributed by atoms with van der Waals surface area (Å²) in [6.45, 7) is 5.45. The Bertz CT molecular complexity index is 3280. The number of pyridine rings is 2. The Morgan fingerprint density at radius 1 is 0.842 bits per heavy atom. The lowest BCUT2D eigenvalue weighted by molar-refractivity contribution is -0.139. The number of aliphatic hydroxyl groups is 1. The molecule has 4 aliphatic rings. The molecule has 4 N–H and O–H groups in total. The van der Waals surface area contributed by atoms with Crippen LogP contribution in [-0.2, 0) is 40.5 Å². The number of anilines is 3. The number of benzene rings is 3. The SMILES string of the molecule is Cn1nc(C2CCC(=O)NC2=O)c2ccc(N3CCN(CCCOC4CCC(Oc5cccc(-c6ccc(N7CCc8cccc(C(O)Nc9nc%10ccccc%10s9)c8C7)nc6C(=O)O)c5C(F)(F)F)CC4)CC3)nc21. The highest BCUT2D eigenvalue weighted by Crippen LogP contribution is 2.45. The Labute approximate surface area is 439 Å². The summed E-state index contributed by atoms with van der Waals surface area (Å²) in [7, 11) is 1.81. The van der Waals surface area contributed by atoms with Crippen LogP contribution in [0.4, 0.5) is 29.9 Å². The number of ether oxygens (including phenoxy) is 2. The lowest BCUT2D eigenvalue weighted by Gasteiger charge is -2.35. The molecule has 1 aliphatic carbocycles. The van der Waals surface area contributed by atoms with Crippen molar-refractivity contribution in [3.05, 3.63) is 119 Å². The third-order valence-corrected chi connectivity index (χ3v) is 16.0. The summed E-state index contributed by atoms with van der Waals surface area (Å²) in [5.41, 5.74) is 2.55. The van der Waals surface area contributed by atoms with E-state index in [1.54, 1.807) is 10.7 Å². The molecule has 2 saturated heterocycles. The number of carboxylic acids is 1. The molecule has 2 unspecified atom stereocenters. The van der Waals surface area contributed by atoms with E-state index in [-0.39, 0.29) is 53.6 Å². The summed E-state index contributed by atoms with van der Waals surface area (Å²) in [6, 6.07) is 24.2. The Morgan fingerprint density at radius 3 is 2.38 bits per heavy atom. The first-order valence-electron chi connectivity index (χ1n) is 25.8. The number of carboxylic acid groups (broad SMARTS) is 1. The van der Waals surface area contributed by atoms with Crippen molar-refractivity contribution in [2.45, 2.75) is 88.4 Å². The highest BCUT2D eigenvalue weighted by Gasteiger charge is 2.40. The van der Waals surface area contributed by atoms with E-state index >= 15 is 13.2 Å². The number of alkyl halides is 3. The first kappa shape index (κ1) is 50.9. The summed E-state index contributed by atoms with van der Waals surface area (Å²) in [4.78, 5) is 57.6. The molecule has 4 aromatic heterocycles. The number of nitrogens with one attached hydrogen (secondary N) is 2. The number of piperidine rings is 1. The van der Waals surface area contributed by atoms with Gasteiger partial charge in [-0.3, -0.25) is 24.5 Å². The number of amides is 2. The number of aromatic nitrogens is 5. The van der Waals surface area contributed by atoms with Gasteiger partial charge in [-0.25, -0.2) is 19.7 Å². The van der Waals surface area contributed by atoms with Crippen LogP contribution in [0.5, 0.6) is 5.75 Å². The van der Waals surface area contributed by atoms with Crippen molar-refractivity contribution < 1.29 is 47.2 Å². The molecule has 0 bridgehead atoms. The second-order valence-corrected chi connectivity index (χ2v) is 20.9. The second-order valence-electron chi connectivity index (χ2n) is 19.9. The van der Waals surface area contributed by atoms with Gasteiger partial charge in [-0.1, -0.05) is 53.8 Å². The standard InChI is InChI=1S/C55H57F3N10O7S/c1-65-50-38(48(64-65)39-19-22-46(69)62-52(39)71)18-21-45(61-50)67-28-26-66(27-29-67)24-6-30-74-33-13-15-34(16-14-33)75-42-11-5-8-35(47(42)55(56,57)58)36-17-20-44(60-49(36)53(72)73)68-25-23-32-7-4-9-37(40(32)31-68)51(70)63-54-59-41-10-2-3-12-43(41)76-54/h2-5,7-12,17-18,20-21,33-34,39,51,70H,6,13-16,19,22-31H2,1H3,(H,59,63)(H,72,73)(H,62,69,71). The number of thiazole rings is 1. The van der Waals surface area contributed by atoms with Crippen LogP contribution < -0.4 is 25.2 Å². The fraction of sp³-hybridized carbons (Fsp3) is 0.400. The number of carbonyl (C=O) groups excluding carboxylic acids is 2. The van der Waals surface area contributed by atoms with Crippen molar-refractivity contribution >= 4 is 67.1 Å². The van der Waals surface area contributed by atoms with Gasteiger partial charge >= 0.3 is 12.1 Å². The number of aliphatic hydroxyl groups excluding tert-OH is 1. The number of aromatic carboxylic acids is 1. The number of halogens is 3. The van der Waals surface area contributed by atoms with Gasteiger partial charge in [0.25, 0.3) is 0 Å². The van der Waals surface area contributed by atoms with Gasteiger partial charge in [-0.15, -0.1) is 0 Å². The molecule has 1 saturated carbocycles. The van der Waals surface area contributed by atoms with E-state index in [1.165, 1.54) is 35.6 Å². The normalized spacial score (nSPS) is 19.9. The van der Waals surface area contributed by atoms with E-state index in [4.69, 9.17) is 14.5 Å². The number of nitrogens with zero attached hydrogens (tertiary/aromatic N) is 8. The summed E-state index contributed by atoms with van der Waals surface area (Å²) in [5.74, 6) is -1.78. The number of carbonyl (C=O) groups is 3. The molecule has 7 aromatic rings. The van der Waals surface area contributed by atoms with Crippen LogP contribution >= 0.6 is 11.3 Å². The van der Waals surface area contributed by atoms with Crippen molar-refractivity contribution in [3.8, 4) is 16.9 Å². The summed E-state index contributed by atoms with van der Waals surface area (Å²) < 4.78 is 60.5. The van der Waals surface area contributed by atoms with Gasteiger partial charge in [0.15, 0.2) is 22.7 Å². The molecule has 17 nitrogen and oxygen atoms in total. The minimum atomic E-state index is -4.88. The maximum absolute atomic E-state index is 15.2. The third kappa shape index (κ3) is 10.6. The minimum Gasteiger partial charge on any atom is -0.490 e. The van der Waals surface area contributed by atoms with Crippen LogP contribution in [-0.4, -0.2) is 116 Å². The summed E-state index contributed by atoms with van der Waals surface area (Å²) >= 11 is 1.42. The van der Waals surface area contributed by atoms with Gasteiger partial charge in [0.1, 0.15) is 22.9 Å². The number of piperazine rings is 1. The van der Waals surface area contributed by atoms with Crippen LogP contribution in [0.2, 0.25) is 0 Å². The number of para-hydroxylation sites is 1. The molecular weight excluding hydrogens is 1000 g/mol. The average Bonchev–Trinajstić information content (AvgIpc) is 4.01. The maximum atomic E-state index is 15.2. The predicted octanol–water partition coefficient (Wildman–Crippen LogP) is 8.46. The second kappa shape index (κ2) is 21.4. The Morgan fingerprint density at radius 2 is 1.61 bits per heavy atom. The molecule has 3 aliphatic heterocycles. The smallest absolute Gasteiger partial charge is 0.420 e. The number of hydrogen-bond donors (Lipinski definition) is 4. The zero-order valence-corrected chi connectivity index (χ0v) is 42.6. The molecule has 396 valence electrons. The first-order chi connectivity index (χ1) is 36.7. The lowest BCUT2D eigenvalue weighted by atomic mass is 9.93. The van der Waals surface area contributed by atoms with E-state index < -0.39 is 41.7 Å². The fourth-order valence-corrected chi connectivity index (χ4v) is 12.0. The van der Waals surface area contributed by atoms with E-state index in [0.29, 0.717) is 73.7 Å². The first-order valence-corrected chi connectivity index (χ1v) is 26.6. The van der Waals surface area contributed by atoms with Crippen LogP contribution in [0.3, 0.4) is 0 Å². The maximum Gasteiger partial charge on any atom is 0.420 e. The number of hydrogen-bond acceptors (Lipinski definition) is 15. The number of fused-ring (bicyclic) bond motifs is 3. The van der Waals surface area contributed by atoms with E-state index in [1.807, 2.05) is 66.5 Å². The van der Waals surface area contributed by atoms with Gasteiger partial charge in [0, 0.05) is 88.0 Å². The zero-order chi connectivity index (χ0) is 52.7. The van der Waals surface area contributed by atoms with Crippen molar-refractivity contribution in [2.75, 3.05) is 61.0 Å². The van der Waals surface area contributed by atoms with Crippen LogP contribution in [0.15, 0.2) is 84.9 Å². The van der Waals surface area contributed by atoms with Crippen molar-refractivity contribution in [1.29, 1.82) is 0 Å². The summed E-state index contributed by atoms with van der Waals surface area (Å²) in [5, 5.41) is 33.4. The molecule has 2 atom stereocenters. The monoisotopic (exact) mass is 1060 g/mol. The third-order valence-electron chi connectivity index (χ3n) is 15.0. The molecule has 76 heavy (non-hydrogen) atoms. The summed E-state index contributed by atoms with van der Waals surface area (Å²) in [6.07, 6.45) is -2.15. The number of imide groups is 1. The molecular formula is C55H57F3N10O7S. The van der Waals surface area contributed by atoms with Gasteiger partial charge < -0.3 is 34.8 Å². The van der Waals surface area contributed by atoms with E-state index in [2.05, 4.69) is 35.5 Å². The largest absolute Gasteiger partial charge is 0.490 e. The lowest BCUT2D eigenvalue weighted by Crippen LogP contribution is -2.47. The predicted molar refractivity (Wildman–Crippen MR) is 281 cm³/mol. The van der Waals surface area contributed by atoms with Crippen molar-refractivity contribution in [3.63, 3.8) is 0 Å². The van der Waals surface area contributed by atoms with Gasteiger partial charge in [-0.05, 0) is 98.5 Å². The molecule has 7 heterocycles. The van der Waals surface area contributed by atoms with E-state index in [9.17, 15) is 24.6 Å². The molecule has 3 fully saturated rings. The molecule has 21 heteroatoms. The highest BCUT2D eigenvalue weighted by molar-refractivity contribution is 7.22. The Hall–Kier alpha value is -7.20. The van der Waals surface area contributed by atoms with Crippen molar-refractivity contribution in [2.24, 2.45) is 7.05 Å². The van der Waals surface area contributed by atoms with Crippen LogP contribution in [0.25, 0.3) is 32.4 Å². The van der Waals surface area contributed by atoms with E-state index in [0.717, 1.165) is 71.7 Å². The van der Waals surface area contributed by atoms with Gasteiger partial charge in [-0.2, -0.15) is 18.3 Å². The molecule has 0 radical (unpaired) electrons. The van der Waals surface area contributed by atoms with Crippen molar-refractivity contribution in [1.82, 2.24) is 34.9 Å². The van der Waals surface area contributed by atoms with Gasteiger partial charge in [0.05, 0.1) is 34.0 Å². The van der Waals surface area contributed by atoms with Crippen LogP contribution in [0.1, 0.15) is 95.5 Å². The van der Waals surface area contributed by atoms with Gasteiger partial charge in [0.2, 0.25) is 11.8 Å². The Kier molecular flexibility index (Phi) is 14.4. The molecule has 2 amide bonds. The number of aryl methyl sites for hydroxylation is 1. The topological polar surface area (TPSA) is 200 Å². The number of rotatable bonds is 15.